The van der Waals surface area contributed by atoms with E-state index in [1.807, 2.05) is 0 Å². The third-order valence-corrected chi connectivity index (χ3v) is 5.40. The van der Waals surface area contributed by atoms with Crippen molar-refractivity contribution in [3.63, 3.8) is 0 Å². The molecule has 0 radical (unpaired) electrons. The number of anilines is 2. The summed E-state index contributed by atoms with van der Waals surface area (Å²) >= 11 is 0. The smallest absolute Gasteiger partial charge is 0.269 e. The van der Waals surface area contributed by atoms with E-state index in [2.05, 4.69) is 16.0 Å². The van der Waals surface area contributed by atoms with E-state index >= 15 is 0 Å². The molecule has 5 N–H and O–H groups in total. The second kappa shape index (κ2) is 9.89. The van der Waals surface area contributed by atoms with Gasteiger partial charge in [-0.2, -0.15) is 0 Å². The van der Waals surface area contributed by atoms with Crippen LogP contribution in [0, 0.1) is 10.1 Å². The highest BCUT2D eigenvalue weighted by molar-refractivity contribution is 7.89. The van der Waals surface area contributed by atoms with Crippen LogP contribution < -0.4 is 21.1 Å². The highest BCUT2D eigenvalue weighted by Crippen LogP contribution is 2.15. The molecule has 3 aromatic rings. The van der Waals surface area contributed by atoms with E-state index < -0.39 is 20.9 Å². The van der Waals surface area contributed by atoms with Gasteiger partial charge >= 0.3 is 0 Å². The minimum absolute atomic E-state index is 0.0159. The normalized spacial score (nSPS) is 10.8. The van der Waals surface area contributed by atoms with E-state index in [9.17, 15) is 28.1 Å². The molecule has 3 aromatic carbocycles. The summed E-state index contributed by atoms with van der Waals surface area (Å²) < 4.78 is 22.5. The van der Waals surface area contributed by atoms with E-state index in [4.69, 9.17) is 5.14 Å². The number of amides is 2. The molecule has 0 fully saturated rings. The van der Waals surface area contributed by atoms with Gasteiger partial charge in [-0.3, -0.25) is 19.7 Å². The first-order valence-electron chi connectivity index (χ1n) is 9.44. The third-order valence-electron chi connectivity index (χ3n) is 4.47. The van der Waals surface area contributed by atoms with Gasteiger partial charge in [-0.05, 0) is 60.7 Å². The van der Waals surface area contributed by atoms with Crippen molar-refractivity contribution in [1.82, 2.24) is 5.32 Å². The van der Waals surface area contributed by atoms with Crippen molar-refractivity contribution in [3.05, 3.63) is 94.0 Å². The monoisotopic (exact) mass is 469 g/mol. The van der Waals surface area contributed by atoms with Crippen LogP contribution in [-0.2, 0) is 10.0 Å². The fourth-order valence-corrected chi connectivity index (χ4v) is 3.25. The fraction of sp³-hybridized carbons (Fsp3) is 0.0476. The van der Waals surface area contributed by atoms with Crippen molar-refractivity contribution in [2.24, 2.45) is 5.14 Å². The van der Waals surface area contributed by atoms with Gasteiger partial charge in [0.2, 0.25) is 10.0 Å². The largest absolute Gasteiger partial charge is 0.368 e. The van der Waals surface area contributed by atoms with Crippen LogP contribution in [0.4, 0.5) is 17.1 Å². The average molecular weight is 469 g/mol. The average Bonchev–Trinajstić information content (AvgIpc) is 2.79. The molecule has 12 heteroatoms. The van der Waals surface area contributed by atoms with Crippen molar-refractivity contribution in [1.29, 1.82) is 0 Å². The first kappa shape index (κ1) is 23.4. The number of nitrogens with one attached hydrogen (secondary N) is 3. The highest BCUT2D eigenvalue weighted by atomic mass is 32.2. The van der Waals surface area contributed by atoms with Crippen LogP contribution in [-0.4, -0.2) is 31.8 Å². The molecular formula is C21H19N5O6S. The van der Waals surface area contributed by atoms with E-state index in [-0.39, 0.29) is 28.7 Å². The lowest BCUT2D eigenvalue weighted by molar-refractivity contribution is -0.384. The Labute approximate surface area is 188 Å². The Morgan fingerprint density at radius 3 is 1.88 bits per heavy atom. The zero-order valence-corrected chi connectivity index (χ0v) is 17.8. The van der Waals surface area contributed by atoms with Gasteiger partial charge in [0, 0.05) is 34.6 Å². The summed E-state index contributed by atoms with van der Waals surface area (Å²) in [6, 6.07) is 17.1. The molecule has 0 saturated carbocycles. The maximum atomic E-state index is 12.3. The van der Waals surface area contributed by atoms with Crippen LogP contribution in [0.3, 0.4) is 0 Å². The number of carbonyl (C=O) groups is 2. The number of carbonyl (C=O) groups excluding carboxylic acids is 2. The zero-order chi connectivity index (χ0) is 24.0. The van der Waals surface area contributed by atoms with Gasteiger partial charge in [0.25, 0.3) is 17.5 Å². The molecule has 0 aliphatic rings. The molecule has 0 bridgehead atoms. The van der Waals surface area contributed by atoms with Crippen LogP contribution >= 0.6 is 0 Å². The van der Waals surface area contributed by atoms with Crippen molar-refractivity contribution in [3.8, 4) is 0 Å². The standard InChI is InChI=1S/C21H19N5O6S/c22-33(31,32)19-11-7-16(8-12-19)23-13-24-20(27)14-1-5-17(6-2-14)25-21(28)15-3-9-18(10-4-15)26(29)30/h1-12,23H,13H2,(H,24,27)(H,25,28)(H2,22,31,32). The molecule has 0 aliphatic heterocycles. The number of nitrogens with two attached hydrogens (primary N) is 1. The molecule has 0 saturated heterocycles. The van der Waals surface area contributed by atoms with Crippen LogP contribution in [0.2, 0.25) is 0 Å². The number of nitro groups is 1. The summed E-state index contributed by atoms with van der Waals surface area (Å²) in [7, 11) is -3.77. The van der Waals surface area contributed by atoms with Gasteiger partial charge in [0.15, 0.2) is 0 Å². The number of sulfonamides is 1. The van der Waals surface area contributed by atoms with Crippen molar-refractivity contribution >= 4 is 38.9 Å². The van der Waals surface area contributed by atoms with Crippen LogP contribution in [0.15, 0.2) is 77.7 Å². The SMILES string of the molecule is NS(=O)(=O)c1ccc(NCNC(=O)c2ccc(NC(=O)c3ccc([N+](=O)[O-])cc3)cc2)cc1. The second-order valence-electron chi connectivity index (χ2n) is 6.76. The predicted molar refractivity (Wildman–Crippen MR) is 121 cm³/mol. The lowest BCUT2D eigenvalue weighted by Crippen LogP contribution is -2.28. The Morgan fingerprint density at radius 2 is 1.33 bits per heavy atom. The molecule has 3 rings (SSSR count). The maximum Gasteiger partial charge on any atom is 0.269 e. The van der Waals surface area contributed by atoms with Gasteiger partial charge in [0.05, 0.1) is 16.5 Å². The minimum atomic E-state index is -3.77. The summed E-state index contributed by atoms with van der Waals surface area (Å²) in [5.41, 5.74) is 1.53. The molecule has 0 atom stereocenters. The summed E-state index contributed by atoms with van der Waals surface area (Å²) in [5, 5.41) is 24.0. The number of non-ortho nitro benzene ring substituents is 1. The lowest BCUT2D eigenvalue weighted by atomic mass is 10.1. The molecule has 0 heterocycles. The summed E-state index contributed by atoms with van der Waals surface area (Å²) in [6.45, 7) is 0.0895. The summed E-state index contributed by atoms with van der Waals surface area (Å²) in [5.74, 6) is -0.809. The minimum Gasteiger partial charge on any atom is -0.368 e. The number of rotatable bonds is 8. The number of benzene rings is 3. The van der Waals surface area contributed by atoms with Crippen LogP contribution in [0.25, 0.3) is 0 Å². The molecule has 170 valence electrons. The zero-order valence-electron chi connectivity index (χ0n) is 17.0. The van der Waals surface area contributed by atoms with Gasteiger partial charge < -0.3 is 16.0 Å². The lowest BCUT2D eigenvalue weighted by Gasteiger charge is -2.10. The first-order chi connectivity index (χ1) is 15.6. The number of primary sulfonamides is 1. The number of hydrogen-bond donors (Lipinski definition) is 4. The fourth-order valence-electron chi connectivity index (χ4n) is 2.73. The Bertz CT molecular complexity index is 1270. The molecule has 33 heavy (non-hydrogen) atoms. The molecular weight excluding hydrogens is 450 g/mol. The van der Waals surface area contributed by atoms with E-state index in [1.54, 1.807) is 12.1 Å². The second-order valence-corrected chi connectivity index (χ2v) is 8.33. The molecule has 0 aromatic heterocycles. The molecule has 11 nitrogen and oxygen atoms in total. The summed E-state index contributed by atoms with van der Waals surface area (Å²) in [6.07, 6.45) is 0. The highest BCUT2D eigenvalue weighted by Gasteiger charge is 2.11. The molecule has 0 spiro atoms. The predicted octanol–water partition coefficient (Wildman–Crippen LogP) is 2.29. The molecule has 2 amide bonds. The Balaban J connectivity index is 1.51. The molecule has 0 unspecified atom stereocenters. The van der Waals surface area contributed by atoms with Gasteiger partial charge in [-0.1, -0.05) is 0 Å². The van der Waals surface area contributed by atoms with Gasteiger partial charge in [-0.15, -0.1) is 0 Å². The quantitative estimate of drug-likeness (QED) is 0.222. The number of nitro benzene ring substituents is 1. The number of hydrogen-bond acceptors (Lipinski definition) is 7. The Kier molecular flexibility index (Phi) is 7.00. The Hall–Kier alpha value is -4.29. The van der Waals surface area contributed by atoms with Crippen molar-refractivity contribution in [2.45, 2.75) is 4.90 Å². The molecule has 0 aliphatic carbocycles. The maximum absolute atomic E-state index is 12.3. The topological polar surface area (TPSA) is 174 Å². The van der Waals surface area contributed by atoms with Crippen LogP contribution in [0.5, 0.6) is 0 Å². The van der Waals surface area contributed by atoms with E-state index in [0.29, 0.717) is 16.9 Å². The van der Waals surface area contributed by atoms with Crippen LogP contribution in [0.1, 0.15) is 20.7 Å². The number of nitrogens with zero attached hydrogens (tertiary/aromatic N) is 1. The van der Waals surface area contributed by atoms with E-state index in [1.165, 1.54) is 60.7 Å². The van der Waals surface area contributed by atoms with E-state index in [0.717, 1.165) is 0 Å². The van der Waals surface area contributed by atoms with Crippen molar-refractivity contribution in [2.75, 3.05) is 17.3 Å². The van der Waals surface area contributed by atoms with Gasteiger partial charge in [-0.25, -0.2) is 13.6 Å². The first-order valence-corrected chi connectivity index (χ1v) is 11.0. The third kappa shape index (κ3) is 6.35. The van der Waals surface area contributed by atoms with Gasteiger partial charge in [0.1, 0.15) is 0 Å². The summed E-state index contributed by atoms with van der Waals surface area (Å²) in [4.78, 5) is 34.7. The Morgan fingerprint density at radius 1 is 0.818 bits per heavy atom. The van der Waals surface area contributed by atoms with Crippen molar-refractivity contribution < 1.29 is 22.9 Å².